The summed E-state index contributed by atoms with van der Waals surface area (Å²) in [5.41, 5.74) is 4.13. The van der Waals surface area contributed by atoms with Crippen molar-refractivity contribution in [3.63, 3.8) is 0 Å². The molecule has 13 heteroatoms. The molecule has 1 saturated heterocycles. The maximum atomic E-state index is 14.2. The first-order chi connectivity index (χ1) is 23.3. The molecule has 1 aliphatic heterocycles. The number of tetrazole rings is 1. The van der Waals surface area contributed by atoms with E-state index in [1.807, 2.05) is 24.3 Å². The number of aromatic amines is 1. The van der Waals surface area contributed by atoms with Crippen molar-refractivity contribution in [3.05, 3.63) is 111 Å². The fraction of sp³-hybridized carbons (Fsp3) is 0.343. The minimum absolute atomic E-state index is 0.0596. The van der Waals surface area contributed by atoms with E-state index in [0.717, 1.165) is 34.2 Å². The third kappa shape index (κ3) is 6.02. The molecule has 246 valence electrons. The first-order valence-electron chi connectivity index (χ1n) is 15.9. The van der Waals surface area contributed by atoms with Crippen LogP contribution >= 0.6 is 0 Å². The van der Waals surface area contributed by atoms with E-state index in [2.05, 4.69) is 42.6 Å². The van der Waals surface area contributed by atoms with Crippen LogP contribution in [0, 0.1) is 17.1 Å². The summed E-state index contributed by atoms with van der Waals surface area (Å²) in [5, 5.41) is 33.8. The Morgan fingerprint density at radius 2 is 1.62 bits per heavy atom. The van der Waals surface area contributed by atoms with Gasteiger partial charge in [0, 0.05) is 37.8 Å². The quantitative estimate of drug-likeness (QED) is 0.215. The average molecular weight is 650 g/mol. The standard InChI is InChI=1S/C35H36FN9O3/c1-38-32(47)24-9-13-28-22(16-24)5-6-23-17-25(33(48)39-2)10-14-29(23)35(28,34-41-43-44-42-34)18-30(21-7-11-26(36)12-8-21)40-20-31(46)45-15-3-4-27(45)19-37/h7-14,16-17,27,30,40H,3-6,15,18,20H2,1-2H3,(H,38,47)(H,39,48)(H,41,42,43,44)/t27-,30-/m0/s1. The zero-order chi connectivity index (χ0) is 33.8. The molecular formula is C35H36FN9O3. The maximum Gasteiger partial charge on any atom is 0.251 e. The van der Waals surface area contributed by atoms with Gasteiger partial charge in [-0.05, 0) is 107 Å². The molecule has 1 fully saturated rings. The number of rotatable bonds is 9. The summed E-state index contributed by atoms with van der Waals surface area (Å²) < 4.78 is 14.2. The van der Waals surface area contributed by atoms with Crippen molar-refractivity contribution in [2.45, 2.75) is 49.6 Å². The number of nitrogens with one attached hydrogen (secondary N) is 4. The zero-order valence-corrected chi connectivity index (χ0v) is 26.7. The topological polar surface area (TPSA) is 169 Å². The minimum atomic E-state index is -1.08. The number of aryl methyl sites for hydroxylation is 2. The highest BCUT2D eigenvalue weighted by atomic mass is 19.1. The number of likely N-dealkylation sites (tertiary alicyclic amines) is 1. The second-order valence-electron chi connectivity index (χ2n) is 12.1. The number of H-pyrrole nitrogens is 1. The van der Waals surface area contributed by atoms with Crippen LogP contribution in [0.15, 0.2) is 60.7 Å². The van der Waals surface area contributed by atoms with E-state index in [1.165, 1.54) is 12.1 Å². The summed E-state index contributed by atoms with van der Waals surface area (Å²) >= 11 is 0. The van der Waals surface area contributed by atoms with Crippen LogP contribution in [0.5, 0.6) is 0 Å². The Morgan fingerprint density at radius 1 is 1.00 bits per heavy atom. The van der Waals surface area contributed by atoms with Gasteiger partial charge >= 0.3 is 0 Å². The molecule has 48 heavy (non-hydrogen) atoms. The Kier molecular flexibility index (Phi) is 9.27. The van der Waals surface area contributed by atoms with Gasteiger partial charge in [-0.3, -0.25) is 14.4 Å². The van der Waals surface area contributed by atoms with E-state index in [1.54, 1.807) is 43.3 Å². The fourth-order valence-electron chi connectivity index (χ4n) is 7.15. The highest BCUT2D eigenvalue weighted by molar-refractivity contribution is 5.95. The Labute approximate surface area is 277 Å². The summed E-state index contributed by atoms with van der Waals surface area (Å²) in [4.78, 5) is 40.6. The largest absolute Gasteiger partial charge is 0.355 e. The predicted molar refractivity (Wildman–Crippen MR) is 173 cm³/mol. The van der Waals surface area contributed by atoms with Gasteiger partial charge in [-0.15, -0.1) is 5.10 Å². The molecule has 2 aliphatic rings. The number of halogens is 1. The van der Waals surface area contributed by atoms with Gasteiger partial charge in [-0.1, -0.05) is 24.3 Å². The van der Waals surface area contributed by atoms with Crippen LogP contribution < -0.4 is 16.0 Å². The van der Waals surface area contributed by atoms with Crippen LogP contribution in [0.25, 0.3) is 0 Å². The third-order valence-electron chi connectivity index (χ3n) is 9.53. The molecule has 3 amide bonds. The fourth-order valence-corrected chi connectivity index (χ4v) is 7.15. The first kappa shape index (κ1) is 32.5. The van der Waals surface area contributed by atoms with Gasteiger partial charge in [0.1, 0.15) is 11.9 Å². The number of carbonyl (C=O) groups excluding carboxylic acids is 3. The van der Waals surface area contributed by atoms with Crippen LogP contribution in [0.2, 0.25) is 0 Å². The zero-order valence-electron chi connectivity index (χ0n) is 26.7. The molecule has 4 N–H and O–H groups in total. The smallest absolute Gasteiger partial charge is 0.251 e. The van der Waals surface area contributed by atoms with Gasteiger partial charge in [0.15, 0.2) is 5.82 Å². The molecule has 6 rings (SSSR count). The number of carbonyl (C=O) groups is 3. The van der Waals surface area contributed by atoms with Crippen molar-refractivity contribution < 1.29 is 18.8 Å². The highest BCUT2D eigenvalue weighted by Gasteiger charge is 2.46. The first-order valence-corrected chi connectivity index (χ1v) is 15.9. The number of fused-ring (bicyclic) bond motifs is 2. The second-order valence-corrected chi connectivity index (χ2v) is 12.1. The molecule has 0 saturated carbocycles. The van der Waals surface area contributed by atoms with Gasteiger partial charge in [0.25, 0.3) is 11.8 Å². The van der Waals surface area contributed by atoms with Gasteiger partial charge in [-0.2, -0.15) is 5.26 Å². The van der Waals surface area contributed by atoms with Gasteiger partial charge in [0.05, 0.1) is 18.0 Å². The van der Waals surface area contributed by atoms with Crippen molar-refractivity contribution in [1.29, 1.82) is 5.26 Å². The SMILES string of the molecule is CNC(=O)c1ccc2c(c1)CCc1cc(C(=O)NC)ccc1C2(C[C@H](NCC(=O)N1CCC[C@H]1C#N)c1ccc(F)cc1)c1nnn[nH]1. The normalized spacial score (nSPS) is 17.0. The average Bonchev–Trinajstić information content (AvgIpc) is 3.82. The van der Waals surface area contributed by atoms with E-state index < -0.39 is 23.3 Å². The van der Waals surface area contributed by atoms with Crippen molar-refractivity contribution in [2.75, 3.05) is 27.2 Å². The summed E-state index contributed by atoms with van der Waals surface area (Å²) in [7, 11) is 3.16. The van der Waals surface area contributed by atoms with Crippen LogP contribution in [0.1, 0.15) is 79.7 Å². The van der Waals surface area contributed by atoms with E-state index in [4.69, 9.17) is 0 Å². The molecule has 12 nitrogen and oxygen atoms in total. The Bertz CT molecular complexity index is 1800. The molecule has 0 spiro atoms. The molecular weight excluding hydrogens is 613 g/mol. The Balaban J connectivity index is 1.53. The molecule has 4 aromatic rings. The lowest BCUT2D eigenvalue weighted by atomic mass is 9.67. The molecule has 1 aliphatic carbocycles. The molecule has 0 radical (unpaired) electrons. The van der Waals surface area contributed by atoms with Gasteiger partial charge < -0.3 is 20.9 Å². The van der Waals surface area contributed by atoms with Crippen LogP contribution in [-0.4, -0.2) is 76.5 Å². The summed E-state index contributed by atoms with van der Waals surface area (Å²) in [5.74, 6) is -0.624. The van der Waals surface area contributed by atoms with E-state index in [9.17, 15) is 24.0 Å². The van der Waals surface area contributed by atoms with Gasteiger partial charge in [0.2, 0.25) is 5.91 Å². The second kappa shape index (κ2) is 13.7. The van der Waals surface area contributed by atoms with Gasteiger partial charge in [-0.25, -0.2) is 9.49 Å². The number of nitrogens with zero attached hydrogens (tertiary/aromatic N) is 5. The maximum absolute atomic E-state index is 14.2. The van der Waals surface area contributed by atoms with E-state index >= 15 is 0 Å². The molecule has 0 bridgehead atoms. The number of nitriles is 1. The number of aromatic nitrogens is 4. The van der Waals surface area contributed by atoms with Crippen molar-refractivity contribution in [2.24, 2.45) is 0 Å². The van der Waals surface area contributed by atoms with Crippen molar-refractivity contribution >= 4 is 17.7 Å². The Morgan fingerprint density at radius 3 is 2.17 bits per heavy atom. The minimum Gasteiger partial charge on any atom is -0.355 e. The van der Waals surface area contributed by atoms with E-state index in [0.29, 0.717) is 42.8 Å². The van der Waals surface area contributed by atoms with Crippen LogP contribution in [0.3, 0.4) is 0 Å². The number of hydrogen-bond acceptors (Lipinski definition) is 8. The third-order valence-corrected chi connectivity index (χ3v) is 9.53. The van der Waals surface area contributed by atoms with E-state index in [-0.39, 0.29) is 30.7 Å². The summed E-state index contributed by atoms with van der Waals surface area (Å²) in [6.45, 7) is 0.450. The molecule has 2 atom stereocenters. The lowest BCUT2D eigenvalue weighted by Crippen LogP contribution is -2.43. The number of hydrogen-bond donors (Lipinski definition) is 4. The molecule has 2 heterocycles. The molecule has 3 aromatic carbocycles. The van der Waals surface area contributed by atoms with Crippen molar-refractivity contribution in [3.8, 4) is 6.07 Å². The Hall–Kier alpha value is -5.48. The molecule has 0 unspecified atom stereocenters. The highest BCUT2D eigenvalue weighted by Crippen LogP contribution is 2.49. The molecule has 1 aromatic heterocycles. The summed E-state index contributed by atoms with van der Waals surface area (Å²) in [6.07, 6.45) is 2.78. The summed E-state index contributed by atoms with van der Waals surface area (Å²) in [6, 6.07) is 18.4. The number of benzene rings is 3. The predicted octanol–water partition coefficient (Wildman–Crippen LogP) is 2.73. The monoisotopic (exact) mass is 649 g/mol. The number of amides is 3. The van der Waals surface area contributed by atoms with Crippen LogP contribution in [-0.2, 0) is 23.1 Å². The lowest BCUT2D eigenvalue weighted by Gasteiger charge is -2.38. The lowest BCUT2D eigenvalue weighted by molar-refractivity contribution is -0.130. The van der Waals surface area contributed by atoms with Crippen LogP contribution in [0.4, 0.5) is 4.39 Å². The van der Waals surface area contributed by atoms with Crippen molar-refractivity contribution in [1.82, 2.24) is 41.5 Å².